The van der Waals surface area contributed by atoms with E-state index in [-0.39, 0.29) is 11.3 Å². The zero-order valence-electron chi connectivity index (χ0n) is 16.4. The predicted octanol–water partition coefficient (Wildman–Crippen LogP) is 3.76. The van der Waals surface area contributed by atoms with E-state index >= 15 is 0 Å². The number of Topliss-reactive ketones (excluding diaryl/α,β-unsaturated/α-hetero) is 1. The maximum absolute atomic E-state index is 12.6. The molecule has 6 heteroatoms. The second-order valence-corrected chi connectivity index (χ2v) is 6.12. The number of benzene rings is 2. The van der Waals surface area contributed by atoms with E-state index < -0.39 is 12.1 Å². The third kappa shape index (κ3) is 4.39. The molecule has 0 N–H and O–H groups in total. The first-order valence-electron chi connectivity index (χ1n) is 8.44. The summed E-state index contributed by atoms with van der Waals surface area (Å²) in [5.41, 5.74) is 2.80. The van der Waals surface area contributed by atoms with Gasteiger partial charge < -0.3 is 18.9 Å². The van der Waals surface area contributed by atoms with Gasteiger partial charge in [-0.15, -0.1) is 0 Å². The third-order valence-corrected chi connectivity index (χ3v) is 4.34. The average molecular weight is 372 g/mol. The monoisotopic (exact) mass is 372 g/mol. The van der Waals surface area contributed by atoms with Crippen molar-refractivity contribution in [3.63, 3.8) is 0 Å². The number of carbonyl (C=O) groups excluding carboxylic acids is 2. The summed E-state index contributed by atoms with van der Waals surface area (Å²) in [5.74, 6) is 0.113. The maximum Gasteiger partial charge on any atom is 0.339 e. The van der Waals surface area contributed by atoms with Crippen LogP contribution in [0.3, 0.4) is 0 Å². The average Bonchev–Trinajstić information content (AvgIpc) is 2.67. The van der Waals surface area contributed by atoms with Gasteiger partial charge in [0.15, 0.2) is 17.6 Å². The van der Waals surface area contributed by atoms with E-state index in [1.807, 2.05) is 19.9 Å². The summed E-state index contributed by atoms with van der Waals surface area (Å²) < 4.78 is 21.1. The summed E-state index contributed by atoms with van der Waals surface area (Å²) in [6.45, 7) is 5.45. The lowest BCUT2D eigenvalue weighted by Crippen LogP contribution is -2.24. The zero-order valence-corrected chi connectivity index (χ0v) is 16.4. The molecular formula is C21H24O6. The van der Waals surface area contributed by atoms with Crippen LogP contribution in [0.5, 0.6) is 17.2 Å². The number of aryl methyl sites for hydroxylation is 2. The Balaban J connectivity index is 2.23. The van der Waals surface area contributed by atoms with Crippen LogP contribution in [-0.4, -0.2) is 39.2 Å². The highest BCUT2D eigenvalue weighted by atomic mass is 16.5. The second-order valence-electron chi connectivity index (χ2n) is 6.12. The molecule has 0 unspecified atom stereocenters. The molecule has 0 heterocycles. The first kappa shape index (κ1) is 20.3. The number of ketones is 1. The minimum atomic E-state index is -0.932. The lowest BCUT2D eigenvalue weighted by molar-refractivity contribution is 0.0318. The quantitative estimate of drug-likeness (QED) is 0.544. The van der Waals surface area contributed by atoms with Gasteiger partial charge in [-0.1, -0.05) is 12.1 Å². The lowest BCUT2D eigenvalue weighted by Gasteiger charge is -2.16. The number of hydrogen-bond donors (Lipinski definition) is 0. The number of methoxy groups -OCH3 is 3. The standard InChI is InChI=1S/C21H24O6/c1-12-7-8-15(9-13(12)2)19(22)14(3)27-21(23)16-10-17(24-4)20(26-6)18(11-16)25-5/h7-11,14H,1-6H3/t14-/m1/s1. The molecule has 0 saturated heterocycles. The molecule has 27 heavy (non-hydrogen) atoms. The molecule has 0 aromatic heterocycles. The topological polar surface area (TPSA) is 71.1 Å². The summed E-state index contributed by atoms with van der Waals surface area (Å²) in [5, 5.41) is 0. The van der Waals surface area contributed by atoms with E-state index in [1.165, 1.54) is 33.5 Å². The van der Waals surface area contributed by atoms with Gasteiger partial charge in [0.25, 0.3) is 0 Å². The number of ether oxygens (including phenoxy) is 4. The second kappa shape index (κ2) is 8.58. The molecule has 2 aromatic carbocycles. The summed E-state index contributed by atoms with van der Waals surface area (Å²) in [7, 11) is 4.39. The van der Waals surface area contributed by atoms with Gasteiger partial charge in [-0.2, -0.15) is 0 Å². The third-order valence-electron chi connectivity index (χ3n) is 4.34. The van der Waals surface area contributed by atoms with Crippen LogP contribution in [0.15, 0.2) is 30.3 Å². The fourth-order valence-electron chi connectivity index (χ4n) is 2.61. The normalized spacial score (nSPS) is 11.5. The molecular weight excluding hydrogens is 348 g/mol. The molecule has 2 rings (SSSR count). The molecule has 0 radical (unpaired) electrons. The van der Waals surface area contributed by atoms with Gasteiger partial charge in [-0.3, -0.25) is 4.79 Å². The highest BCUT2D eigenvalue weighted by Crippen LogP contribution is 2.38. The Hall–Kier alpha value is -3.02. The summed E-state index contributed by atoms with van der Waals surface area (Å²) >= 11 is 0. The van der Waals surface area contributed by atoms with E-state index in [1.54, 1.807) is 19.1 Å². The Morgan fingerprint density at radius 2 is 1.41 bits per heavy atom. The zero-order chi connectivity index (χ0) is 20.1. The first-order chi connectivity index (χ1) is 12.8. The molecule has 0 aliphatic rings. The number of esters is 1. The van der Waals surface area contributed by atoms with Crippen LogP contribution in [0.4, 0.5) is 0 Å². The predicted molar refractivity (Wildman–Crippen MR) is 101 cm³/mol. The largest absolute Gasteiger partial charge is 0.493 e. The van der Waals surface area contributed by atoms with Crippen LogP contribution in [0.2, 0.25) is 0 Å². The van der Waals surface area contributed by atoms with Crippen molar-refractivity contribution in [3.05, 3.63) is 52.6 Å². The van der Waals surface area contributed by atoms with Crippen LogP contribution >= 0.6 is 0 Å². The Morgan fingerprint density at radius 3 is 1.89 bits per heavy atom. The highest BCUT2D eigenvalue weighted by Gasteiger charge is 2.23. The van der Waals surface area contributed by atoms with Crippen molar-refractivity contribution < 1.29 is 28.5 Å². The van der Waals surface area contributed by atoms with Gasteiger partial charge >= 0.3 is 5.97 Å². The van der Waals surface area contributed by atoms with Crippen LogP contribution in [0, 0.1) is 13.8 Å². The molecule has 6 nitrogen and oxygen atoms in total. The Morgan fingerprint density at radius 1 is 0.815 bits per heavy atom. The molecule has 144 valence electrons. The van der Waals surface area contributed by atoms with Gasteiger partial charge in [-0.05, 0) is 50.1 Å². The van der Waals surface area contributed by atoms with E-state index in [0.29, 0.717) is 22.8 Å². The highest BCUT2D eigenvalue weighted by molar-refractivity contribution is 6.01. The molecule has 0 saturated carbocycles. The Labute approximate surface area is 159 Å². The lowest BCUT2D eigenvalue weighted by atomic mass is 10.0. The Kier molecular flexibility index (Phi) is 6.45. The summed E-state index contributed by atoms with van der Waals surface area (Å²) in [4.78, 5) is 25.1. The van der Waals surface area contributed by atoms with Gasteiger partial charge in [0, 0.05) is 5.56 Å². The smallest absolute Gasteiger partial charge is 0.339 e. The van der Waals surface area contributed by atoms with Crippen LogP contribution in [0.25, 0.3) is 0 Å². The number of hydrogen-bond acceptors (Lipinski definition) is 6. The van der Waals surface area contributed by atoms with Crippen LogP contribution in [-0.2, 0) is 4.74 Å². The Bertz CT molecular complexity index is 831. The van der Waals surface area contributed by atoms with E-state index in [2.05, 4.69) is 0 Å². The van der Waals surface area contributed by atoms with Crippen LogP contribution in [0.1, 0.15) is 38.8 Å². The molecule has 0 spiro atoms. The van der Waals surface area contributed by atoms with Gasteiger partial charge in [0.2, 0.25) is 11.5 Å². The van der Waals surface area contributed by atoms with Crippen molar-refractivity contribution in [3.8, 4) is 17.2 Å². The van der Waals surface area contributed by atoms with Gasteiger partial charge in [0.05, 0.1) is 26.9 Å². The molecule has 1 atom stereocenters. The molecule has 0 aliphatic carbocycles. The van der Waals surface area contributed by atoms with Crippen molar-refractivity contribution in [1.29, 1.82) is 0 Å². The SMILES string of the molecule is COc1cc(C(=O)O[C@H](C)C(=O)c2ccc(C)c(C)c2)cc(OC)c1OC. The number of carbonyl (C=O) groups is 2. The van der Waals surface area contributed by atoms with Gasteiger partial charge in [0.1, 0.15) is 0 Å². The fraction of sp³-hybridized carbons (Fsp3) is 0.333. The molecule has 0 bridgehead atoms. The van der Waals surface area contributed by atoms with Crippen molar-refractivity contribution >= 4 is 11.8 Å². The summed E-state index contributed by atoms with van der Waals surface area (Å²) in [6, 6.07) is 8.36. The van der Waals surface area contributed by atoms with Crippen molar-refractivity contribution in [2.45, 2.75) is 26.9 Å². The van der Waals surface area contributed by atoms with E-state index in [0.717, 1.165) is 11.1 Å². The maximum atomic E-state index is 12.6. The first-order valence-corrected chi connectivity index (χ1v) is 8.44. The van der Waals surface area contributed by atoms with Crippen LogP contribution < -0.4 is 14.2 Å². The summed E-state index contributed by atoms with van der Waals surface area (Å²) in [6.07, 6.45) is -0.932. The molecule has 2 aromatic rings. The van der Waals surface area contributed by atoms with Gasteiger partial charge in [-0.25, -0.2) is 4.79 Å². The minimum absolute atomic E-state index is 0.198. The van der Waals surface area contributed by atoms with E-state index in [4.69, 9.17) is 18.9 Å². The molecule has 0 amide bonds. The van der Waals surface area contributed by atoms with Crippen molar-refractivity contribution in [1.82, 2.24) is 0 Å². The van der Waals surface area contributed by atoms with Crippen molar-refractivity contribution in [2.24, 2.45) is 0 Å². The van der Waals surface area contributed by atoms with Crippen molar-refractivity contribution in [2.75, 3.05) is 21.3 Å². The minimum Gasteiger partial charge on any atom is -0.493 e. The molecule has 0 fully saturated rings. The fourth-order valence-corrected chi connectivity index (χ4v) is 2.61. The number of rotatable bonds is 7. The van der Waals surface area contributed by atoms with E-state index in [9.17, 15) is 9.59 Å². The molecule has 0 aliphatic heterocycles.